The van der Waals surface area contributed by atoms with Crippen molar-refractivity contribution in [1.82, 2.24) is 5.32 Å². The van der Waals surface area contributed by atoms with Crippen molar-refractivity contribution in [2.24, 2.45) is 0 Å². The second-order valence-electron chi connectivity index (χ2n) is 5.92. The standard InChI is InChI=1S/C19H17BrN2O5/c20-16-9-7-13(27-16)8-10-18(24)26-11-17(23)22-15-4-2-1-3-14(15)19(25)21-12-5-6-12/h1-4,7-10,12H,5-6,11H2,(H,21,25)(H,22,23). The van der Waals surface area contributed by atoms with Gasteiger partial charge in [0.25, 0.3) is 11.8 Å². The van der Waals surface area contributed by atoms with Crippen LogP contribution in [-0.4, -0.2) is 30.4 Å². The molecule has 0 spiro atoms. The summed E-state index contributed by atoms with van der Waals surface area (Å²) in [4.78, 5) is 35.9. The van der Waals surface area contributed by atoms with Crippen molar-refractivity contribution in [3.8, 4) is 0 Å². The molecule has 8 heteroatoms. The number of furan rings is 1. The Morgan fingerprint density at radius 3 is 2.67 bits per heavy atom. The van der Waals surface area contributed by atoms with Gasteiger partial charge < -0.3 is 19.8 Å². The lowest BCUT2D eigenvalue weighted by Gasteiger charge is -2.11. The third-order valence-electron chi connectivity index (χ3n) is 3.68. The normalized spacial score (nSPS) is 13.4. The maximum atomic E-state index is 12.2. The first-order valence-corrected chi connectivity index (χ1v) is 9.10. The van der Waals surface area contributed by atoms with E-state index >= 15 is 0 Å². The molecule has 1 aromatic carbocycles. The Morgan fingerprint density at radius 1 is 1.19 bits per heavy atom. The van der Waals surface area contributed by atoms with Crippen LogP contribution < -0.4 is 10.6 Å². The number of hydrogen-bond donors (Lipinski definition) is 2. The van der Waals surface area contributed by atoms with Crippen LogP contribution >= 0.6 is 15.9 Å². The number of amides is 2. The summed E-state index contributed by atoms with van der Waals surface area (Å²) in [6.45, 7) is -0.469. The minimum Gasteiger partial charge on any atom is -0.452 e. The van der Waals surface area contributed by atoms with Gasteiger partial charge in [0, 0.05) is 12.1 Å². The third-order valence-corrected chi connectivity index (χ3v) is 4.11. The smallest absolute Gasteiger partial charge is 0.331 e. The molecule has 2 N–H and O–H groups in total. The van der Waals surface area contributed by atoms with Gasteiger partial charge in [0.1, 0.15) is 5.76 Å². The molecule has 1 fully saturated rings. The molecule has 2 aromatic rings. The van der Waals surface area contributed by atoms with E-state index in [1.165, 1.54) is 6.08 Å². The molecule has 140 valence electrons. The first-order chi connectivity index (χ1) is 13.0. The summed E-state index contributed by atoms with van der Waals surface area (Å²) < 4.78 is 10.6. The van der Waals surface area contributed by atoms with Crippen molar-refractivity contribution in [3.05, 3.63) is 58.5 Å². The molecule has 0 unspecified atom stereocenters. The third kappa shape index (κ3) is 5.82. The van der Waals surface area contributed by atoms with Gasteiger partial charge in [0.15, 0.2) is 11.3 Å². The fraction of sp³-hybridized carbons (Fsp3) is 0.211. The maximum Gasteiger partial charge on any atom is 0.331 e. The van der Waals surface area contributed by atoms with Crippen molar-refractivity contribution < 1.29 is 23.5 Å². The zero-order chi connectivity index (χ0) is 19.2. The lowest BCUT2D eigenvalue weighted by atomic mass is 10.1. The van der Waals surface area contributed by atoms with Crippen LogP contribution in [0.25, 0.3) is 6.08 Å². The van der Waals surface area contributed by atoms with Gasteiger partial charge in [0.2, 0.25) is 0 Å². The number of para-hydroxylation sites is 1. The Kier molecular flexibility index (Phi) is 6.08. The minimum absolute atomic E-state index is 0.212. The van der Waals surface area contributed by atoms with Crippen molar-refractivity contribution in [3.63, 3.8) is 0 Å². The van der Waals surface area contributed by atoms with Crippen molar-refractivity contribution in [2.45, 2.75) is 18.9 Å². The van der Waals surface area contributed by atoms with Crippen LogP contribution in [0, 0.1) is 0 Å². The maximum absolute atomic E-state index is 12.2. The molecule has 27 heavy (non-hydrogen) atoms. The van der Waals surface area contributed by atoms with Gasteiger partial charge in [-0.25, -0.2) is 4.79 Å². The van der Waals surface area contributed by atoms with Gasteiger partial charge in [-0.1, -0.05) is 12.1 Å². The molecule has 0 radical (unpaired) electrons. The largest absolute Gasteiger partial charge is 0.452 e. The van der Waals surface area contributed by atoms with E-state index in [0.717, 1.165) is 18.9 Å². The second-order valence-corrected chi connectivity index (χ2v) is 6.71. The number of carbonyl (C=O) groups excluding carboxylic acids is 3. The molecule has 0 saturated heterocycles. The minimum atomic E-state index is -0.683. The Hall–Kier alpha value is -2.87. The predicted molar refractivity (Wildman–Crippen MR) is 102 cm³/mol. The lowest BCUT2D eigenvalue weighted by Crippen LogP contribution is -2.27. The second kappa shape index (κ2) is 8.68. The number of ether oxygens (including phenoxy) is 1. The number of halogens is 1. The Balaban J connectivity index is 1.51. The Labute approximate surface area is 163 Å². The van der Waals surface area contributed by atoms with Crippen LogP contribution in [0.3, 0.4) is 0 Å². The molecule has 0 aliphatic heterocycles. The zero-order valence-corrected chi connectivity index (χ0v) is 15.8. The van der Waals surface area contributed by atoms with E-state index in [0.29, 0.717) is 21.7 Å². The van der Waals surface area contributed by atoms with Crippen molar-refractivity contribution in [1.29, 1.82) is 0 Å². The number of rotatable bonds is 7. The van der Waals surface area contributed by atoms with Gasteiger partial charge in [0.05, 0.1) is 11.3 Å². The topological polar surface area (TPSA) is 97.6 Å². The number of anilines is 1. The molecule has 7 nitrogen and oxygen atoms in total. The monoisotopic (exact) mass is 432 g/mol. The number of hydrogen-bond acceptors (Lipinski definition) is 5. The molecule has 2 amide bonds. The first-order valence-electron chi connectivity index (χ1n) is 8.31. The molecule has 1 aromatic heterocycles. The highest BCUT2D eigenvalue weighted by Gasteiger charge is 2.25. The fourth-order valence-electron chi connectivity index (χ4n) is 2.22. The number of nitrogens with one attached hydrogen (secondary N) is 2. The fourth-order valence-corrected chi connectivity index (χ4v) is 2.54. The highest BCUT2D eigenvalue weighted by molar-refractivity contribution is 9.10. The van der Waals surface area contributed by atoms with Crippen LogP contribution in [0.5, 0.6) is 0 Å². The van der Waals surface area contributed by atoms with Crippen LogP contribution in [0.1, 0.15) is 29.0 Å². The van der Waals surface area contributed by atoms with E-state index in [1.54, 1.807) is 36.4 Å². The van der Waals surface area contributed by atoms with E-state index in [-0.39, 0.29) is 11.9 Å². The quantitative estimate of drug-likeness (QED) is 0.517. The average molecular weight is 433 g/mol. The van der Waals surface area contributed by atoms with Gasteiger partial charge in [-0.15, -0.1) is 0 Å². The Bertz CT molecular complexity index is 886. The van der Waals surface area contributed by atoms with Gasteiger partial charge in [-0.2, -0.15) is 0 Å². The summed E-state index contributed by atoms with van der Waals surface area (Å²) in [5.41, 5.74) is 0.736. The number of benzene rings is 1. The van der Waals surface area contributed by atoms with Crippen LogP contribution in [0.2, 0.25) is 0 Å². The van der Waals surface area contributed by atoms with E-state index in [2.05, 4.69) is 26.6 Å². The number of esters is 1. The van der Waals surface area contributed by atoms with E-state index in [1.807, 2.05) is 0 Å². The predicted octanol–water partition coefficient (Wildman–Crippen LogP) is 3.13. The summed E-state index contributed by atoms with van der Waals surface area (Å²) >= 11 is 3.15. The molecule has 0 bridgehead atoms. The van der Waals surface area contributed by atoms with Crippen molar-refractivity contribution in [2.75, 3.05) is 11.9 Å². The van der Waals surface area contributed by atoms with Crippen LogP contribution in [-0.2, 0) is 14.3 Å². The van der Waals surface area contributed by atoms with Gasteiger partial charge >= 0.3 is 5.97 Å². The molecule has 1 aliphatic rings. The average Bonchev–Trinajstić information content (AvgIpc) is 3.37. The molecule has 1 heterocycles. The highest BCUT2D eigenvalue weighted by Crippen LogP contribution is 2.21. The molecule has 1 aliphatic carbocycles. The summed E-state index contributed by atoms with van der Waals surface area (Å²) in [6, 6.07) is 10.2. The lowest BCUT2D eigenvalue weighted by molar-refractivity contribution is -0.142. The highest BCUT2D eigenvalue weighted by atomic mass is 79.9. The van der Waals surface area contributed by atoms with Gasteiger partial charge in [-0.3, -0.25) is 9.59 Å². The van der Waals surface area contributed by atoms with E-state index in [9.17, 15) is 14.4 Å². The van der Waals surface area contributed by atoms with Crippen LogP contribution in [0.4, 0.5) is 5.69 Å². The summed E-state index contributed by atoms with van der Waals surface area (Å²) in [5.74, 6) is -0.988. The molecular weight excluding hydrogens is 416 g/mol. The van der Waals surface area contributed by atoms with Crippen LogP contribution in [0.15, 0.2) is 51.6 Å². The van der Waals surface area contributed by atoms with Crippen molar-refractivity contribution >= 4 is 45.5 Å². The van der Waals surface area contributed by atoms with E-state index < -0.39 is 18.5 Å². The SMILES string of the molecule is O=C(COC(=O)C=Cc1ccc(Br)o1)Nc1ccccc1C(=O)NC1CC1. The molecule has 0 atom stereocenters. The summed E-state index contributed by atoms with van der Waals surface area (Å²) in [7, 11) is 0. The Morgan fingerprint density at radius 2 is 1.96 bits per heavy atom. The van der Waals surface area contributed by atoms with E-state index in [4.69, 9.17) is 9.15 Å². The molecular formula is C19H17BrN2O5. The zero-order valence-electron chi connectivity index (χ0n) is 14.2. The molecule has 1 saturated carbocycles. The van der Waals surface area contributed by atoms with Gasteiger partial charge in [-0.05, 0) is 59.1 Å². The number of carbonyl (C=O) groups is 3. The summed E-state index contributed by atoms with van der Waals surface area (Å²) in [5, 5.41) is 5.46. The first kappa shape index (κ1) is 18.9. The summed E-state index contributed by atoms with van der Waals surface area (Å²) in [6.07, 6.45) is 4.54. The molecule has 3 rings (SSSR count).